The molecule has 1 amide bonds. The fraction of sp³-hybridized carbons (Fsp3) is 0.235. The van der Waals surface area contributed by atoms with Gasteiger partial charge in [-0.3, -0.25) is 4.79 Å². The lowest BCUT2D eigenvalue weighted by atomic mass is 10.1. The third kappa shape index (κ3) is 5.53. The van der Waals surface area contributed by atoms with Crippen molar-refractivity contribution in [3.63, 3.8) is 0 Å². The molecule has 2 aromatic rings. The molecule has 0 atom stereocenters. The number of amides is 1. The van der Waals surface area contributed by atoms with Crippen LogP contribution in [0.3, 0.4) is 0 Å². The molecule has 1 N–H and O–H groups in total. The molecule has 0 radical (unpaired) electrons. The minimum atomic E-state index is -0.156. The summed E-state index contributed by atoms with van der Waals surface area (Å²) in [6.45, 7) is 0.875. The van der Waals surface area contributed by atoms with E-state index in [-0.39, 0.29) is 12.3 Å². The van der Waals surface area contributed by atoms with Crippen molar-refractivity contribution in [1.29, 1.82) is 0 Å². The summed E-state index contributed by atoms with van der Waals surface area (Å²) in [5.41, 5.74) is 1.40. The van der Waals surface area contributed by atoms with Gasteiger partial charge in [0.25, 0.3) is 0 Å². The van der Waals surface area contributed by atoms with Crippen molar-refractivity contribution in [1.82, 2.24) is 0 Å². The summed E-state index contributed by atoms with van der Waals surface area (Å²) in [4.78, 5) is 12.2. The van der Waals surface area contributed by atoms with Crippen LogP contribution in [0.25, 0.3) is 0 Å². The number of carbonyl (C=O) groups is 1. The highest BCUT2D eigenvalue weighted by Gasteiger charge is 2.11. The van der Waals surface area contributed by atoms with Gasteiger partial charge in [0.05, 0.1) is 18.7 Å². The standard InChI is InChI=1S/C17H17BrClNO3/c1-22-8-9-23-16-11-13(18)6-7-15(16)20-17(21)10-12-4-2-3-5-14(12)19/h2-7,11H,8-10H2,1H3,(H,20,21). The summed E-state index contributed by atoms with van der Waals surface area (Å²) in [5, 5.41) is 3.43. The third-order valence-corrected chi connectivity index (χ3v) is 3.93. The molecule has 2 aromatic carbocycles. The SMILES string of the molecule is COCCOc1cc(Br)ccc1NC(=O)Cc1ccccc1Cl. The van der Waals surface area contributed by atoms with Crippen molar-refractivity contribution >= 4 is 39.1 Å². The molecule has 0 spiro atoms. The largest absolute Gasteiger partial charge is 0.489 e. The van der Waals surface area contributed by atoms with Gasteiger partial charge in [0.2, 0.25) is 5.91 Å². The summed E-state index contributed by atoms with van der Waals surface area (Å²) < 4.78 is 11.5. The van der Waals surface area contributed by atoms with Crippen LogP contribution in [0, 0.1) is 0 Å². The quantitative estimate of drug-likeness (QED) is 0.707. The van der Waals surface area contributed by atoms with Crippen molar-refractivity contribution < 1.29 is 14.3 Å². The van der Waals surface area contributed by atoms with Gasteiger partial charge < -0.3 is 14.8 Å². The average molecular weight is 399 g/mol. The van der Waals surface area contributed by atoms with Crippen LogP contribution < -0.4 is 10.1 Å². The Bertz CT molecular complexity index is 679. The maximum atomic E-state index is 12.2. The lowest BCUT2D eigenvalue weighted by Crippen LogP contribution is -2.16. The van der Waals surface area contributed by atoms with E-state index in [0.717, 1.165) is 10.0 Å². The molecular formula is C17H17BrClNO3. The summed E-state index contributed by atoms with van der Waals surface area (Å²) >= 11 is 9.48. The van der Waals surface area contributed by atoms with E-state index in [1.165, 1.54) is 0 Å². The number of methoxy groups -OCH3 is 1. The fourth-order valence-electron chi connectivity index (χ4n) is 1.96. The molecule has 0 saturated heterocycles. The van der Waals surface area contributed by atoms with Gasteiger partial charge in [0.1, 0.15) is 12.4 Å². The van der Waals surface area contributed by atoms with Crippen LogP contribution in [0.2, 0.25) is 5.02 Å². The molecule has 0 aromatic heterocycles. The molecule has 0 unspecified atom stereocenters. The van der Waals surface area contributed by atoms with Crippen molar-refractivity contribution in [2.24, 2.45) is 0 Å². The van der Waals surface area contributed by atoms with Gasteiger partial charge in [-0.1, -0.05) is 45.7 Å². The predicted molar refractivity (Wildman–Crippen MR) is 95.3 cm³/mol. The number of rotatable bonds is 7. The van der Waals surface area contributed by atoms with Crippen molar-refractivity contribution in [3.8, 4) is 5.75 Å². The van der Waals surface area contributed by atoms with E-state index in [0.29, 0.717) is 29.7 Å². The molecule has 4 nitrogen and oxygen atoms in total. The third-order valence-electron chi connectivity index (χ3n) is 3.07. The summed E-state index contributed by atoms with van der Waals surface area (Å²) in [5.74, 6) is 0.431. The highest BCUT2D eigenvalue weighted by atomic mass is 79.9. The Labute approximate surface area is 148 Å². The molecule has 0 bridgehead atoms. The Morgan fingerprint density at radius 2 is 2.00 bits per heavy atom. The van der Waals surface area contributed by atoms with Crippen molar-refractivity contribution in [3.05, 3.63) is 57.5 Å². The minimum Gasteiger partial charge on any atom is -0.489 e. The van der Waals surface area contributed by atoms with Gasteiger partial charge in [0, 0.05) is 16.6 Å². The van der Waals surface area contributed by atoms with Gasteiger partial charge in [-0.25, -0.2) is 0 Å². The number of hydrogen-bond donors (Lipinski definition) is 1. The molecule has 0 aliphatic carbocycles. The van der Waals surface area contributed by atoms with Crippen molar-refractivity contribution in [2.45, 2.75) is 6.42 Å². The maximum Gasteiger partial charge on any atom is 0.228 e. The second-order valence-corrected chi connectivity index (χ2v) is 6.12. The second-order valence-electron chi connectivity index (χ2n) is 4.80. The van der Waals surface area contributed by atoms with E-state index in [1.807, 2.05) is 24.3 Å². The molecule has 0 aliphatic rings. The van der Waals surface area contributed by atoms with E-state index in [9.17, 15) is 4.79 Å². The number of anilines is 1. The Morgan fingerprint density at radius 1 is 1.22 bits per heavy atom. The zero-order valence-electron chi connectivity index (χ0n) is 12.6. The highest BCUT2D eigenvalue weighted by Crippen LogP contribution is 2.28. The number of ether oxygens (including phenoxy) is 2. The van der Waals surface area contributed by atoms with Crippen LogP contribution in [0.5, 0.6) is 5.75 Å². The second kappa shape index (κ2) is 8.91. The van der Waals surface area contributed by atoms with E-state index in [4.69, 9.17) is 21.1 Å². The zero-order valence-corrected chi connectivity index (χ0v) is 15.0. The van der Waals surface area contributed by atoms with Crippen LogP contribution in [-0.4, -0.2) is 26.2 Å². The normalized spacial score (nSPS) is 10.4. The first-order valence-electron chi connectivity index (χ1n) is 7.04. The first kappa shape index (κ1) is 17.8. The lowest BCUT2D eigenvalue weighted by Gasteiger charge is -2.13. The lowest BCUT2D eigenvalue weighted by molar-refractivity contribution is -0.115. The molecule has 0 aliphatic heterocycles. The molecule has 122 valence electrons. The Kier molecular flexibility index (Phi) is 6.89. The monoisotopic (exact) mass is 397 g/mol. The molecule has 6 heteroatoms. The zero-order chi connectivity index (χ0) is 16.7. The number of carbonyl (C=O) groups excluding carboxylic acids is 1. The van der Waals surface area contributed by atoms with Crippen molar-refractivity contribution in [2.75, 3.05) is 25.6 Å². The first-order chi connectivity index (χ1) is 11.1. The van der Waals surface area contributed by atoms with Crippen LogP contribution >= 0.6 is 27.5 Å². The van der Waals surface area contributed by atoms with Gasteiger partial charge in [-0.15, -0.1) is 0 Å². The number of hydrogen-bond acceptors (Lipinski definition) is 3. The Balaban J connectivity index is 2.06. The topological polar surface area (TPSA) is 47.6 Å². The number of nitrogens with one attached hydrogen (secondary N) is 1. The maximum absolute atomic E-state index is 12.2. The fourth-order valence-corrected chi connectivity index (χ4v) is 2.51. The molecule has 0 heterocycles. The Morgan fingerprint density at radius 3 is 2.74 bits per heavy atom. The van der Waals surface area contributed by atoms with E-state index >= 15 is 0 Å². The number of benzene rings is 2. The van der Waals surface area contributed by atoms with Gasteiger partial charge in [-0.2, -0.15) is 0 Å². The van der Waals surface area contributed by atoms with Gasteiger partial charge >= 0.3 is 0 Å². The van der Waals surface area contributed by atoms with E-state index in [1.54, 1.807) is 25.3 Å². The minimum absolute atomic E-state index is 0.156. The molecule has 0 fully saturated rings. The van der Waals surface area contributed by atoms with Gasteiger partial charge in [-0.05, 0) is 29.8 Å². The van der Waals surface area contributed by atoms with Crippen LogP contribution in [0.1, 0.15) is 5.56 Å². The number of halogens is 2. The Hall–Kier alpha value is -1.56. The molecule has 0 saturated carbocycles. The van der Waals surface area contributed by atoms with E-state index < -0.39 is 0 Å². The average Bonchev–Trinajstić information content (AvgIpc) is 2.52. The summed E-state index contributed by atoms with van der Waals surface area (Å²) in [6, 6.07) is 12.7. The highest BCUT2D eigenvalue weighted by molar-refractivity contribution is 9.10. The molecular weight excluding hydrogens is 382 g/mol. The summed E-state index contributed by atoms with van der Waals surface area (Å²) in [6.07, 6.45) is 0.202. The van der Waals surface area contributed by atoms with Crippen LogP contribution in [0.4, 0.5) is 5.69 Å². The van der Waals surface area contributed by atoms with E-state index in [2.05, 4.69) is 21.2 Å². The molecule has 23 heavy (non-hydrogen) atoms. The van der Waals surface area contributed by atoms with Crippen LogP contribution in [0.15, 0.2) is 46.9 Å². The van der Waals surface area contributed by atoms with Gasteiger partial charge in [0.15, 0.2) is 0 Å². The van der Waals surface area contributed by atoms with Crippen LogP contribution in [-0.2, 0) is 16.0 Å². The first-order valence-corrected chi connectivity index (χ1v) is 8.22. The summed E-state index contributed by atoms with van der Waals surface area (Å²) in [7, 11) is 1.61. The smallest absolute Gasteiger partial charge is 0.228 e. The molecule has 2 rings (SSSR count). The predicted octanol–water partition coefficient (Wildman–Crippen LogP) is 4.31.